The summed E-state index contributed by atoms with van der Waals surface area (Å²) in [6.45, 7) is 1.05. The van der Waals surface area contributed by atoms with E-state index in [1.54, 1.807) is 20.9 Å². The minimum absolute atomic E-state index is 0.00399. The zero-order valence-corrected chi connectivity index (χ0v) is 19.1. The lowest BCUT2D eigenvalue weighted by molar-refractivity contribution is -0.137. The van der Waals surface area contributed by atoms with Gasteiger partial charge < -0.3 is 16.0 Å². The third-order valence-corrected chi connectivity index (χ3v) is 6.65. The zero-order valence-electron chi connectivity index (χ0n) is 18.2. The van der Waals surface area contributed by atoms with Crippen molar-refractivity contribution in [2.24, 2.45) is 0 Å². The van der Waals surface area contributed by atoms with Crippen LogP contribution in [0.1, 0.15) is 35.4 Å². The highest BCUT2D eigenvalue weighted by Crippen LogP contribution is 2.22. The molecule has 8 nitrogen and oxygen atoms in total. The van der Waals surface area contributed by atoms with Crippen molar-refractivity contribution in [2.45, 2.75) is 38.1 Å². The van der Waals surface area contributed by atoms with Gasteiger partial charge in [0.05, 0.1) is 17.8 Å². The number of nitrogens with zero attached hydrogens (tertiary/aromatic N) is 4. The van der Waals surface area contributed by atoms with Gasteiger partial charge in [0.25, 0.3) is 0 Å². The largest absolute Gasteiger partial charge is 0.382 e. The van der Waals surface area contributed by atoms with E-state index in [4.69, 9.17) is 5.73 Å². The maximum absolute atomic E-state index is 12.7. The molecule has 1 saturated heterocycles. The SMILES string of the molecule is N#Cc1c(CCCNC(=O)C2CCCN2C(=O)Cc2cccs2)nn(-c2ccccc2)c1N. The van der Waals surface area contributed by atoms with Gasteiger partial charge in [0.1, 0.15) is 23.5 Å². The molecule has 3 aromatic rings. The second-order valence-electron chi connectivity index (χ2n) is 7.96. The van der Waals surface area contributed by atoms with Crippen LogP contribution in [0.4, 0.5) is 5.82 Å². The molecule has 2 aromatic heterocycles. The third-order valence-electron chi connectivity index (χ3n) is 5.78. The molecule has 2 amide bonds. The van der Waals surface area contributed by atoms with Gasteiger partial charge in [-0.1, -0.05) is 24.3 Å². The van der Waals surface area contributed by atoms with Crippen molar-refractivity contribution in [1.29, 1.82) is 5.26 Å². The first-order valence-electron chi connectivity index (χ1n) is 11.0. The highest BCUT2D eigenvalue weighted by atomic mass is 32.1. The van der Waals surface area contributed by atoms with E-state index >= 15 is 0 Å². The lowest BCUT2D eigenvalue weighted by Gasteiger charge is -2.23. The number of hydrogen-bond acceptors (Lipinski definition) is 6. The van der Waals surface area contributed by atoms with Gasteiger partial charge in [-0.3, -0.25) is 9.59 Å². The quantitative estimate of drug-likeness (QED) is 0.499. The number of nitrogen functional groups attached to an aromatic ring is 1. The van der Waals surface area contributed by atoms with Crippen LogP contribution in [0.5, 0.6) is 0 Å². The van der Waals surface area contributed by atoms with Gasteiger partial charge >= 0.3 is 0 Å². The van der Waals surface area contributed by atoms with Crippen LogP contribution in [0.25, 0.3) is 5.69 Å². The number of amides is 2. The molecule has 0 radical (unpaired) electrons. The summed E-state index contributed by atoms with van der Waals surface area (Å²) in [5.41, 5.74) is 7.92. The fourth-order valence-electron chi connectivity index (χ4n) is 4.13. The second kappa shape index (κ2) is 10.3. The molecule has 0 bridgehead atoms. The Kier molecular flexibility index (Phi) is 7.05. The van der Waals surface area contributed by atoms with Crippen molar-refractivity contribution in [2.75, 3.05) is 18.8 Å². The van der Waals surface area contributed by atoms with Crippen LogP contribution in [0, 0.1) is 11.3 Å². The third kappa shape index (κ3) is 5.07. The summed E-state index contributed by atoms with van der Waals surface area (Å²) in [6, 6.07) is 15.0. The normalized spacial score (nSPS) is 15.4. The standard InChI is InChI=1S/C24H26N6O2S/c25-16-19-20(28-30(23(19)26)17-7-2-1-3-8-17)10-4-12-27-24(32)21-11-5-13-29(21)22(31)15-18-9-6-14-33-18/h1-3,6-9,14,21H,4-5,10-13,15,26H2,(H,27,32). The molecular weight excluding hydrogens is 436 g/mol. The number of hydrogen-bond donors (Lipinski definition) is 2. The van der Waals surface area contributed by atoms with E-state index in [1.165, 1.54) is 0 Å². The van der Waals surface area contributed by atoms with Crippen molar-refractivity contribution in [1.82, 2.24) is 20.0 Å². The topological polar surface area (TPSA) is 117 Å². The number of carbonyl (C=O) groups is 2. The average molecular weight is 463 g/mol. The van der Waals surface area contributed by atoms with Crippen LogP contribution in [0.15, 0.2) is 47.8 Å². The number of carbonyl (C=O) groups excluding carboxylic acids is 2. The van der Waals surface area contributed by atoms with Crippen molar-refractivity contribution >= 4 is 29.0 Å². The molecule has 1 aromatic carbocycles. The Morgan fingerprint density at radius 3 is 2.79 bits per heavy atom. The van der Waals surface area contributed by atoms with Crippen molar-refractivity contribution in [3.05, 3.63) is 64.0 Å². The second-order valence-corrected chi connectivity index (χ2v) is 8.99. The number of nitrogens with one attached hydrogen (secondary N) is 1. The van der Waals surface area contributed by atoms with Crippen molar-refractivity contribution in [3.8, 4) is 11.8 Å². The van der Waals surface area contributed by atoms with Gasteiger partial charge in [-0.15, -0.1) is 11.3 Å². The molecule has 1 aliphatic heterocycles. The number of anilines is 1. The summed E-state index contributed by atoms with van der Waals surface area (Å²) < 4.78 is 1.57. The Morgan fingerprint density at radius 2 is 2.06 bits per heavy atom. The molecule has 0 aliphatic carbocycles. The first-order chi connectivity index (χ1) is 16.1. The maximum Gasteiger partial charge on any atom is 0.242 e. The summed E-state index contributed by atoms with van der Waals surface area (Å²) in [6.07, 6.45) is 2.97. The summed E-state index contributed by atoms with van der Waals surface area (Å²) in [7, 11) is 0. The number of benzene rings is 1. The fraction of sp³-hybridized carbons (Fsp3) is 0.333. The molecule has 0 spiro atoms. The number of thiophene rings is 1. The van der Waals surface area contributed by atoms with Crippen LogP contribution in [-0.2, 0) is 22.4 Å². The van der Waals surface area contributed by atoms with Crippen LogP contribution in [-0.4, -0.2) is 45.6 Å². The van der Waals surface area contributed by atoms with E-state index < -0.39 is 6.04 Å². The lowest BCUT2D eigenvalue weighted by Crippen LogP contribution is -2.46. The highest BCUT2D eigenvalue weighted by Gasteiger charge is 2.33. The van der Waals surface area contributed by atoms with Crippen LogP contribution < -0.4 is 11.1 Å². The number of nitrogens with two attached hydrogens (primary N) is 1. The molecule has 1 unspecified atom stereocenters. The number of rotatable bonds is 8. The molecule has 0 saturated carbocycles. The first kappa shape index (κ1) is 22.6. The molecule has 1 atom stereocenters. The number of aromatic nitrogens is 2. The lowest BCUT2D eigenvalue weighted by atomic mass is 10.1. The predicted octanol–water partition coefficient (Wildman–Crippen LogP) is 2.67. The van der Waals surface area contributed by atoms with E-state index in [2.05, 4.69) is 16.5 Å². The summed E-state index contributed by atoms with van der Waals surface area (Å²) in [5, 5.41) is 19.0. The fourth-order valence-corrected chi connectivity index (χ4v) is 4.82. The van der Waals surface area contributed by atoms with Gasteiger partial charge in [-0.25, -0.2) is 4.68 Å². The molecule has 33 heavy (non-hydrogen) atoms. The van der Waals surface area contributed by atoms with Gasteiger partial charge in [-0.2, -0.15) is 10.4 Å². The van der Waals surface area contributed by atoms with Gasteiger partial charge in [-0.05, 0) is 49.3 Å². The number of likely N-dealkylation sites (tertiary alicyclic amines) is 1. The van der Waals surface area contributed by atoms with Crippen LogP contribution >= 0.6 is 11.3 Å². The molecular formula is C24H26N6O2S. The minimum atomic E-state index is -0.417. The van der Waals surface area contributed by atoms with E-state index in [0.717, 1.165) is 17.0 Å². The van der Waals surface area contributed by atoms with E-state index in [0.29, 0.717) is 55.8 Å². The monoisotopic (exact) mass is 462 g/mol. The molecule has 170 valence electrons. The first-order valence-corrected chi connectivity index (χ1v) is 11.9. The molecule has 3 N–H and O–H groups in total. The molecule has 4 rings (SSSR count). The van der Waals surface area contributed by atoms with Gasteiger partial charge in [0, 0.05) is 18.0 Å². The molecule has 3 heterocycles. The van der Waals surface area contributed by atoms with E-state index in [1.807, 2.05) is 47.8 Å². The number of para-hydroxylation sites is 1. The average Bonchev–Trinajstić information content (AvgIpc) is 3.57. The Balaban J connectivity index is 1.31. The molecule has 1 fully saturated rings. The minimum Gasteiger partial charge on any atom is -0.382 e. The summed E-state index contributed by atoms with van der Waals surface area (Å²) in [4.78, 5) is 28.1. The zero-order chi connectivity index (χ0) is 23.2. The van der Waals surface area contributed by atoms with Gasteiger partial charge in [0.2, 0.25) is 11.8 Å². The van der Waals surface area contributed by atoms with Crippen LogP contribution in [0.2, 0.25) is 0 Å². The molecule has 1 aliphatic rings. The van der Waals surface area contributed by atoms with E-state index in [-0.39, 0.29) is 11.8 Å². The van der Waals surface area contributed by atoms with Gasteiger partial charge in [0.15, 0.2) is 0 Å². The van der Waals surface area contributed by atoms with Crippen molar-refractivity contribution in [3.63, 3.8) is 0 Å². The number of aryl methyl sites for hydroxylation is 1. The maximum atomic E-state index is 12.7. The van der Waals surface area contributed by atoms with E-state index in [9.17, 15) is 14.9 Å². The highest BCUT2D eigenvalue weighted by molar-refractivity contribution is 7.10. The summed E-state index contributed by atoms with van der Waals surface area (Å²) >= 11 is 1.55. The Bertz CT molecular complexity index is 1150. The Labute approximate surface area is 196 Å². The Hall–Kier alpha value is -3.64. The number of nitriles is 1. The predicted molar refractivity (Wildman–Crippen MR) is 127 cm³/mol. The smallest absolute Gasteiger partial charge is 0.242 e. The Morgan fingerprint density at radius 1 is 1.24 bits per heavy atom. The van der Waals surface area contributed by atoms with Crippen LogP contribution in [0.3, 0.4) is 0 Å². The van der Waals surface area contributed by atoms with Crippen molar-refractivity contribution < 1.29 is 9.59 Å². The summed E-state index contributed by atoms with van der Waals surface area (Å²) in [5.74, 6) is 0.186. The molecule has 9 heteroatoms.